The van der Waals surface area contributed by atoms with Crippen molar-refractivity contribution in [2.24, 2.45) is 5.10 Å². The zero-order chi connectivity index (χ0) is 24.5. The van der Waals surface area contributed by atoms with Crippen LogP contribution >= 0.6 is 23.2 Å². The second-order valence-corrected chi connectivity index (χ2v) is 7.82. The molecule has 34 heavy (non-hydrogen) atoms. The van der Waals surface area contributed by atoms with Crippen LogP contribution in [0.5, 0.6) is 5.75 Å². The van der Waals surface area contributed by atoms with E-state index in [0.29, 0.717) is 32.7 Å². The monoisotopic (exact) mass is 498 g/mol. The fraction of sp³-hybridized carbons (Fsp3) is 0.0833. The molecule has 0 aliphatic carbocycles. The number of halogens is 2. The van der Waals surface area contributed by atoms with Crippen molar-refractivity contribution >= 4 is 58.5 Å². The number of carbonyl (C=O) groups excluding carboxylic acids is 3. The smallest absolute Gasteiger partial charge is 0.329 e. The highest BCUT2D eigenvalue weighted by atomic mass is 35.5. The number of carbonyl (C=O) groups is 3. The van der Waals surface area contributed by atoms with Crippen molar-refractivity contribution in [3.8, 4) is 5.75 Å². The normalized spacial score (nSPS) is 10.6. The number of nitrogens with one attached hydrogen (secondary N) is 3. The van der Waals surface area contributed by atoms with Gasteiger partial charge in [0.05, 0.1) is 16.9 Å². The van der Waals surface area contributed by atoms with E-state index in [1.807, 2.05) is 13.0 Å². The third-order valence-electron chi connectivity index (χ3n) is 4.41. The summed E-state index contributed by atoms with van der Waals surface area (Å²) >= 11 is 12.0. The van der Waals surface area contributed by atoms with Crippen LogP contribution in [0.4, 0.5) is 11.4 Å². The number of ether oxygens (including phenoxy) is 1. The molecular weight excluding hydrogens is 479 g/mol. The van der Waals surface area contributed by atoms with Gasteiger partial charge in [-0.3, -0.25) is 14.4 Å². The summed E-state index contributed by atoms with van der Waals surface area (Å²) < 4.78 is 5.47. The van der Waals surface area contributed by atoms with Gasteiger partial charge in [0.25, 0.3) is 5.91 Å². The van der Waals surface area contributed by atoms with Crippen molar-refractivity contribution in [1.82, 2.24) is 5.43 Å². The number of hydrogen-bond acceptors (Lipinski definition) is 5. The van der Waals surface area contributed by atoms with Crippen LogP contribution in [0.2, 0.25) is 10.0 Å². The summed E-state index contributed by atoms with van der Waals surface area (Å²) in [6.07, 6.45) is 1.36. The Hall–Kier alpha value is -3.88. The topological polar surface area (TPSA) is 109 Å². The first kappa shape index (κ1) is 24.8. The number of aryl methyl sites for hydroxylation is 1. The second-order valence-electron chi connectivity index (χ2n) is 7.00. The van der Waals surface area contributed by atoms with Crippen LogP contribution < -0.4 is 20.8 Å². The zero-order valence-electron chi connectivity index (χ0n) is 18.0. The molecule has 0 fully saturated rings. The molecule has 0 aromatic heterocycles. The van der Waals surface area contributed by atoms with Gasteiger partial charge < -0.3 is 15.4 Å². The van der Waals surface area contributed by atoms with Crippen LogP contribution in [0.3, 0.4) is 0 Å². The van der Waals surface area contributed by atoms with E-state index in [-0.39, 0.29) is 12.5 Å². The Bertz CT molecular complexity index is 1230. The minimum absolute atomic E-state index is 0.185. The molecule has 3 amide bonds. The van der Waals surface area contributed by atoms with Gasteiger partial charge in [0, 0.05) is 10.7 Å². The molecule has 8 nitrogen and oxygen atoms in total. The molecule has 3 N–H and O–H groups in total. The highest BCUT2D eigenvalue weighted by Gasteiger charge is 2.14. The molecule has 0 aliphatic heterocycles. The van der Waals surface area contributed by atoms with Crippen LogP contribution in [0.15, 0.2) is 71.8 Å². The van der Waals surface area contributed by atoms with Gasteiger partial charge in [0.2, 0.25) is 0 Å². The third-order valence-corrected chi connectivity index (χ3v) is 5.15. The van der Waals surface area contributed by atoms with Gasteiger partial charge in [-0.15, -0.1) is 0 Å². The summed E-state index contributed by atoms with van der Waals surface area (Å²) in [7, 11) is 0. The molecule has 0 aliphatic rings. The molecule has 0 spiro atoms. The van der Waals surface area contributed by atoms with E-state index < -0.39 is 11.8 Å². The van der Waals surface area contributed by atoms with Gasteiger partial charge in [-0.25, -0.2) is 5.43 Å². The van der Waals surface area contributed by atoms with Gasteiger partial charge in [-0.2, -0.15) is 5.10 Å². The molecule has 0 heterocycles. The van der Waals surface area contributed by atoms with E-state index in [1.54, 1.807) is 60.7 Å². The summed E-state index contributed by atoms with van der Waals surface area (Å²) in [5.41, 5.74) is 4.59. The van der Waals surface area contributed by atoms with E-state index in [0.717, 1.165) is 5.56 Å². The number of hydrazone groups is 1. The van der Waals surface area contributed by atoms with Crippen LogP contribution in [0.25, 0.3) is 0 Å². The van der Waals surface area contributed by atoms with Crippen molar-refractivity contribution in [1.29, 1.82) is 0 Å². The predicted octanol–water partition coefficient (Wildman–Crippen LogP) is 4.41. The molecule has 3 aromatic carbocycles. The largest absolute Gasteiger partial charge is 0.484 e. The van der Waals surface area contributed by atoms with E-state index in [1.165, 1.54) is 6.21 Å². The van der Waals surface area contributed by atoms with Crippen LogP contribution in [0, 0.1) is 6.92 Å². The minimum Gasteiger partial charge on any atom is -0.484 e. The van der Waals surface area contributed by atoms with Gasteiger partial charge in [0.15, 0.2) is 6.61 Å². The molecule has 0 atom stereocenters. The van der Waals surface area contributed by atoms with Crippen molar-refractivity contribution < 1.29 is 19.1 Å². The Morgan fingerprint density at radius 1 is 0.912 bits per heavy atom. The SMILES string of the molecule is Cc1ccc(NC(=O)COc2ccc(/C=N\NC(=O)C(=O)Nc3ccccc3Cl)cc2)cc1Cl. The highest BCUT2D eigenvalue weighted by Crippen LogP contribution is 2.21. The maximum Gasteiger partial charge on any atom is 0.329 e. The van der Waals surface area contributed by atoms with Crippen molar-refractivity contribution in [3.05, 3.63) is 87.9 Å². The molecule has 3 rings (SSSR count). The summed E-state index contributed by atoms with van der Waals surface area (Å²) in [4.78, 5) is 35.8. The van der Waals surface area contributed by atoms with Crippen LogP contribution in [-0.2, 0) is 14.4 Å². The molecule has 0 saturated heterocycles. The predicted molar refractivity (Wildman–Crippen MR) is 133 cm³/mol. The number of anilines is 2. The second kappa shape index (κ2) is 11.8. The minimum atomic E-state index is -0.947. The molecule has 0 bridgehead atoms. The van der Waals surface area contributed by atoms with E-state index in [2.05, 4.69) is 21.2 Å². The summed E-state index contributed by atoms with van der Waals surface area (Å²) in [5, 5.41) is 9.74. The molecular formula is C24H20Cl2N4O4. The Labute approximate surface area is 205 Å². The molecule has 0 saturated carbocycles. The fourth-order valence-corrected chi connectivity index (χ4v) is 2.99. The van der Waals surface area contributed by atoms with E-state index in [4.69, 9.17) is 27.9 Å². The van der Waals surface area contributed by atoms with Gasteiger partial charge in [0.1, 0.15) is 5.75 Å². The molecule has 10 heteroatoms. The van der Waals surface area contributed by atoms with Gasteiger partial charge in [-0.1, -0.05) is 41.4 Å². The first-order valence-electron chi connectivity index (χ1n) is 9.99. The number of amides is 3. The Kier molecular flexibility index (Phi) is 8.61. The lowest BCUT2D eigenvalue weighted by Crippen LogP contribution is -2.32. The van der Waals surface area contributed by atoms with Crippen LogP contribution in [-0.4, -0.2) is 30.5 Å². The maximum atomic E-state index is 12.1. The first-order valence-corrected chi connectivity index (χ1v) is 10.7. The van der Waals surface area contributed by atoms with Gasteiger partial charge in [-0.05, 0) is 66.6 Å². The highest BCUT2D eigenvalue weighted by molar-refractivity contribution is 6.41. The van der Waals surface area contributed by atoms with Crippen LogP contribution in [0.1, 0.15) is 11.1 Å². The average molecular weight is 499 g/mol. The quantitative estimate of drug-likeness (QED) is 0.254. The van der Waals surface area contributed by atoms with E-state index >= 15 is 0 Å². The van der Waals surface area contributed by atoms with Crippen molar-refractivity contribution in [2.75, 3.05) is 17.2 Å². The van der Waals surface area contributed by atoms with Crippen molar-refractivity contribution in [3.63, 3.8) is 0 Å². The number of hydrogen-bond donors (Lipinski definition) is 3. The molecule has 3 aromatic rings. The maximum absolute atomic E-state index is 12.1. The summed E-state index contributed by atoms with van der Waals surface area (Å²) in [6, 6.07) is 18.4. The number of nitrogens with zero attached hydrogens (tertiary/aromatic N) is 1. The summed E-state index contributed by atoms with van der Waals surface area (Å²) in [5.74, 6) is -1.71. The first-order chi connectivity index (χ1) is 16.3. The lowest BCUT2D eigenvalue weighted by Gasteiger charge is -2.08. The zero-order valence-corrected chi connectivity index (χ0v) is 19.5. The average Bonchev–Trinajstić information content (AvgIpc) is 2.82. The number of para-hydroxylation sites is 1. The summed E-state index contributed by atoms with van der Waals surface area (Å²) in [6.45, 7) is 1.69. The molecule has 0 radical (unpaired) electrons. The third kappa shape index (κ3) is 7.33. The standard InChI is InChI=1S/C24H20Cl2N4O4/c1-15-6-9-17(12-20(15)26)28-22(31)14-34-18-10-7-16(8-11-18)13-27-30-24(33)23(32)29-21-5-3-2-4-19(21)25/h2-13H,14H2,1H3,(H,28,31)(H,29,32)(H,30,33)/b27-13-. The molecule has 174 valence electrons. The van der Waals surface area contributed by atoms with E-state index in [9.17, 15) is 14.4 Å². The lowest BCUT2D eigenvalue weighted by atomic mass is 10.2. The Balaban J connectivity index is 1.44. The fourth-order valence-electron chi connectivity index (χ4n) is 2.62. The Morgan fingerprint density at radius 2 is 1.65 bits per heavy atom. The molecule has 0 unspecified atom stereocenters. The van der Waals surface area contributed by atoms with Crippen molar-refractivity contribution in [2.45, 2.75) is 6.92 Å². The Morgan fingerprint density at radius 3 is 2.35 bits per heavy atom. The number of rotatable bonds is 7. The lowest BCUT2D eigenvalue weighted by molar-refractivity contribution is -0.136. The van der Waals surface area contributed by atoms with Gasteiger partial charge >= 0.3 is 11.8 Å². The number of benzene rings is 3.